The lowest BCUT2D eigenvalue weighted by molar-refractivity contribution is 0.102. The van der Waals surface area contributed by atoms with Crippen molar-refractivity contribution in [3.05, 3.63) is 63.9 Å². The van der Waals surface area contributed by atoms with Gasteiger partial charge in [-0.15, -0.1) is 5.10 Å². The third kappa shape index (κ3) is 3.31. The fraction of sp³-hybridized carbons (Fsp3) is 0.118. The zero-order chi connectivity index (χ0) is 18.1. The van der Waals surface area contributed by atoms with Gasteiger partial charge in [0.05, 0.1) is 6.54 Å². The number of carbonyl (C=O) groups is 1. The first-order valence-corrected chi connectivity index (χ1v) is 8.39. The Morgan fingerprint density at radius 2 is 1.92 bits per heavy atom. The molecule has 1 aliphatic rings. The maximum atomic E-state index is 12.4. The van der Waals surface area contributed by atoms with Crippen LogP contribution in [0.1, 0.15) is 15.9 Å². The molecule has 1 amide bonds. The van der Waals surface area contributed by atoms with Crippen molar-refractivity contribution in [1.29, 1.82) is 0 Å². The SMILES string of the molecule is O=C(Nc1ncn(Cc2c(Cl)cccc2Cl)n1)c1ccc2c(c1)OCO2. The number of nitrogens with zero attached hydrogens (tertiary/aromatic N) is 3. The van der Waals surface area contributed by atoms with Gasteiger partial charge in [-0.3, -0.25) is 10.1 Å². The van der Waals surface area contributed by atoms with Crippen LogP contribution in [0.15, 0.2) is 42.7 Å². The van der Waals surface area contributed by atoms with Gasteiger partial charge in [0, 0.05) is 21.2 Å². The molecule has 26 heavy (non-hydrogen) atoms. The van der Waals surface area contributed by atoms with E-state index in [1.807, 2.05) is 0 Å². The molecule has 0 radical (unpaired) electrons. The quantitative estimate of drug-likeness (QED) is 0.735. The average Bonchev–Trinajstić information content (AvgIpc) is 3.26. The third-order valence-electron chi connectivity index (χ3n) is 3.78. The summed E-state index contributed by atoms with van der Waals surface area (Å²) in [6.45, 7) is 0.488. The molecule has 1 aromatic heterocycles. The molecule has 2 heterocycles. The molecule has 7 nitrogen and oxygen atoms in total. The predicted octanol–water partition coefficient (Wildman–Crippen LogP) is 3.61. The number of anilines is 1. The molecule has 0 saturated carbocycles. The normalized spacial score (nSPS) is 12.2. The fourth-order valence-corrected chi connectivity index (χ4v) is 3.00. The van der Waals surface area contributed by atoms with Crippen LogP contribution in [-0.4, -0.2) is 27.5 Å². The highest BCUT2D eigenvalue weighted by Gasteiger charge is 2.17. The molecule has 0 atom stereocenters. The highest BCUT2D eigenvalue weighted by atomic mass is 35.5. The molecule has 0 fully saturated rings. The first-order valence-electron chi connectivity index (χ1n) is 7.63. The Kier molecular flexibility index (Phi) is 4.40. The highest BCUT2D eigenvalue weighted by molar-refractivity contribution is 6.35. The van der Waals surface area contributed by atoms with Crippen LogP contribution in [-0.2, 0) is 6.54 Å². The maximum Gasteiger partial charge on any atom is 0.258 e. The second-order valence-electron chi connectivity index (χ2n) is 5.49. The summed E-state index contributed by atoms with van der Waals surface area (Å²) >= 11 is 12.3. The van der Waals surface area contributed by atoms with E-state index >= 15 is 0 Å². The standard InChI is InChI=1S/C17H12Cl2N4O3/c18-12-2-1-3-13(19)11(12)7-23-8-20-17(22-23)21-16(24)10-4-5-14-15(6-10)26-9-25-14/h1-6,8H,7,9H2,(H,21,22,24). The van der Waals surface area contributed by atoms with Crippen molar-refractivity contribution >= 4 is 35.1 Å². The van der Waals surface area contributed by atoms with Gasteiger partial charge < -0.3 is 9.47 Å². The van der Waals surface area contributed by atoms with Crippen LogP contribution in [0.4, 0.5) is 5.95 Å². The maximum absolute atomic E-state index is 12.4. The Labute approximate surface area is 158 Å². The number of amides is 1. The lowest BCUT2D eigenvalue weighted by atomic mass is 10.2. The average molecular weight is 391 g/mol. The molecule has 1 aliphatic heterocycles. The lowest BCUT2D eigenvalue weighted by Crippen LogP contribution is -2.13. The van der Waals surface area contributed by atoms with Gasteiger partial charge >= 0.3 is 0 Å². The third-order valence-corrected chi connectivity index (χ3v) is 4.49. The molecule has 0 bridgehead atoms. The van der Waals surface area contributed by atoms with Gasteiger partial charge in [0.2, 0.25) is 12.7 Å². The Bertz CT molecular complexity index is 970. The number of hydrogen-bond donors (Lipinski definition) is 1. The fourth-order valence-electron chi connectivity index (χ4n) is 2.48. The summed E-state index contributed by atoms with van der Waals surface area (Å²) in [4.78, 5) is 16.4. The van der Waals surface area contributed by atoms with Gasteiger partial charge in [-0.25, -0.2) is 9.67 Å². The van der Waals surface area contributed by atoms with Crippen LogP contribution in [0.2, 0.25) is 10.0 Å². The number of halogens is 2. The van der Waals surface area contributed by atoms with E-state index in [-0.39, 0.29) is 18.6 Å². The van der Waals surface area contributed by atoms with Crippen LogP contribution in [0.5, 0.6) is 11.5 Å². The smallest absolute Gasteiger partial charge is 0.258 e. The molecular weight excluding hydrogens is 379 g/mol. The molecule has 4 rings (SSSR count). The van der Waals surface area contributed by atoms with E-state index in [1.54, 1.807) is 41.1 Å². The van der Waals surface area contributed by atoms with Gasteiger partial charge in [-0.2, -0.15) is 0 Å². The number of nitrogens with one attached hydrogen (secondary N) is 1. The molecule has 0 aliphatic carbocycles. The summed E-state index contributed by atoms with van der Waals surface area (Å²) in [5.74, 6) is 0.970. The van der Waals surface area contributed by atoms with E-state index in [0.717, 1.165) is 5.56 Å². The van der Waals surface area contributed by atoms with Gasteiger partial charge in [0.25, 0.3) is 5.91 Å². The first kappa shape index (κ1) is 16.7. The number of fused-ring (bicyclic) bond motifs is 1. The predicted molar refractivity (Wildman–Crippen MR) is 96.1 cm³/mol. The second-order valence-corrected chi connectivity index (χ2v) is 6.30. The summed E-state index contributed by atoms with van der Waals surface area (Å²) in [6, 6.07) is 10.2. The number of hydrogen-bond acceptors (Lipinski definition) is 5. The number of carbonyl (C=O) groups excluding carboxylic acids is 1. The Morgan fingerprint density at radius 3 is 2.73 bits per heavy atom. The minimum atomic E-state index is -0.350. The number of aromatic nitrogens is 3. The van der Waals surface area contributed by atoms with Crippen molar-refractivity contribution in [3.8, 4) is 11.5 Å². The Balaban J connectivity index is 1.47. The van der Waals surface area contributed by atoms with Crippen LogP contribution >= 0.6 is 23.2 Å². The number of ether oxygens (including phenoxy) is 2. The molecule has 3 aromatic rings. The number of rotatable bonds is 4. The zero-order valence-corrected chi connectivity index (χ0v) is 14.8. The molecule has 2 aromatic carbocycles. The van der Waals surface area contributed by atoms with Crippen molar-refractivity contribution in [2.75, 3.05) is 12.1 Å². The molecule has 9 heteroatoms. The molecule has 132 valence electrons. The highest BCUT2D eigenvalue weighted by Crippen LogP contribution is 2.32. The molecule has 1 N–H and O–H groups in total. The first-order chi connectivity index (χ1) is 12.6. The van der Waals surface area contributed by atoms with Crippen molar-refractivity contribution in [2.24, 2.45) is 0 Å². The number of benzene rings is 2. The zero-order valence-electron chi connectivity index (χ0n) is 13.3. The van der Waals surface area contributed by atoms with Crippen LogP contribution in [0.25, 0.3) is 0 Å². The second kappa shape index (κ2) is 6.86. The van der Waals surface area contributed by atoms with Gasteiger partial charge in [0.1, 0.15) is 6.33 Å². The van der Waals surface area contributed by atoms with Crippen molar-refractivity contribution in [2.45, 2.75) is 6.54 Å². The van der Waals surface area contributed by atoms with Crippen molar-refractivity contribution in [1.82, 2.24) is 14.8 Å². The van der Waals surface area contributed by atoms with E-state index in [1.165, 1.54) is 6.33 Å². The van der Waals surface area contributed by atoms with E-state index in [4.69, 9.17) is 32.7 Å². The van der Waals surface area contributed by atoms with Crippen LogP contribution in [0, 0.1) is 0 Å². The van der Waals surface area contributed by atoms with Crippen molar-refractivity contribution in [3.63, 3.8) is 0 Å². The summed E-state index contributed by atoms with van der Waals surface area (Å²) in [5, 5.41) is 7.95. The Morgan fingerprint density at radius 1 is 1.15 bits per heavy atom. The summed E-state index contributed by atoms with van der Waals surface area (Å²) in [7, 11) is 0. The van der Waals surface area contributed by atoms with Gasteiger partial charge in [-0.1, -0.05) is 29.3 Å². The molecule has 0 spiro atoms. The molecule has 0 saturated heterocycles. The molecular formula is C17H12Cl2N4O3. The molecule has 0 unspecified atom stereocenters. The van der Waals surface area contributed by atoms with E-state index in [9.17, 15) is 4.79 Å². The summed E-state index contributed by atoms with van der Waals surface area (Å²) < 4.78 is 12.0. The van der Waals surface area contributed by atoms with Gasteiger partial charge in [0.15, 0.2) is 11.5 Å². The summed E-state index contributed by atoms with van der Waals surface area (Å²) in [5.41, 5.74) is 1.15. The van der Waals surface area contributed by atoms with E-state index in [2.05, 4.69) is 15.4 Å². The largest absolute Gasteiger partial charge is 0.454 e. The van der Waals surface area contributed by atoms with Crippen molar-refractivity contribution < 1.29 is 14.3 Å². The minimum absolute atomic E-state index is 0.150. The Hall–Kier alpha value is -2.77. The van der Waals surface area contributed by atoms with E-state index in [0.29, 0.717) is 33.7 Å². The van der Waals surface area contributed by atoms with E-state index < -0.39 is 0 Å². The lowest BCUT2D eigenvalue weighted by Gasteiger charge is -2.06. The van der Waals surface area contributed by atoms with Crippen LogP contribution < -0.4 is 14.8 Å². The summed E-state index contributed by atoms with van der Waals surface area (Å²) in [6.07, 6.45) is 1.49. The van der Waals surface area contributed by atoms with Gasteiger partial charge in [-0.05, 0) is 30.3 Å². The topological polar surface area (TPSA) is 78.3 Å². The monoisotopic (exact) mass is 390 g/mol. The van der Waals surface area contributed by atoms with Crippen LogP contribution in [0.3, 0.4) is 0 Å². The minimum Gasteiger partial charge on any atom is -0.454 e.